The van der Waals surface area contributed by atoms with Gasteiger partial charge >= 0.3 is 23.9 Å². The lowest BCUT2D eigenvalue weighted by Crippen LogP contribution is -2.61. The number of carboxylic acids is 1. The number of aliphatic hydroxyl groups is 2. The summed E-state index contributed by atoms with van der Waals surface area (Å²) in [6, 6.07) is 0. The number of aliphatic carboxylic acids is 1. The zero-order valence-corrected chi connectivity index (χ0v) is 51.0. The van der Waals surface area contributed by atoms with Crippen LogP contribution in [0.5, 0.6) is 0 Å². The van der Waals surface area contributed by atoms with Gasteiger partial charge in [0, 0.05) is 19.3 Å². The van der Waals surface area contributed by atoms with E-state index in [1.807, 2.05) is 0 Å². The Labute approximate surface area is 492 Å². The normalized spacial score (nSPS) is 18.4. The van der Waals surface area contributed by atoms with Crippen molar-refractivity contribution in [3.05, 3.63) is 97.2 Å². The zero-order valence-electron chi connectivity index (χ0n) is 51.0. The Balaban J connectivity index is 2.68. The van der Waals surface area contributed by atoms with Crippen molar-refractivity contribution in [2.45, 2.75) is 302 Å². The van der Waals surface area contributed by atoms with Gasteiger partial charge in [-0.05, 0) is 122 Å². The molecule has 12 heteroatoms. The summed E-state index contributed by atoms with van der Waals surface area (Å²) in [5, 5.41) is 31.6. The Morgan fingerprint density at radius 1 is 0.420 bits per heavy atom. The quantitative estimate of drug-likeness (QED) is 0.0228. The maximum atomic E-state index is 13.2. The lowest BCUT2D eigenvalue weighted by atomic mass is 9.98. The molecule has 1 saturated heterocycles. The standard InChI is InChI=1S/C69H114O12/c1-4-7-10-13-16-19-22-25-28-30-31-33-36-39-42-45-48-51-54-57-63(72)80-67-65(74)64(73)66(68(75)76)81-69(67)78-59-60(79-62(71)56-53-50-47-44-41-38-34-27-24-21-18-15-12-9-6-3)58-77-61(70)55-52-49-46-43-40-37-35-32-29-26-23-20-17-14-11-8-5-2/h9,12,16-21,25-29,31,33-34,60,64-67,69,73-74H,4-8,10-11,13-15,22-24,30,32,35-59H2,1-3H3,(H,75,76)/b12-9-,19-16-,20-17-,21-18-,28-25-,29-26-,33-31-,34-27-. The topological polar surface area (TPSA) is 175 Å². The highest BCUT2D eigenvalue weighted by Gasteiger charge is 2.50. The van der Waals surface area contributed by atoms with Crippen LogP contribution in [0.15, 0.2) is 97.2 Å². The van der Waals surface area contributed by atoms with Crippen molar-refractivity contribution in [3.8, 4) is 0 Å². The lowest BCUT2D eigenvalue weighted by molar-refractivity contribution is -0.301. The number of unbranched alkanes of at least 4 members (excludes halogenated alkanes) is 24. The van der Waals surface area contributed by atoms with Crippen LogP contribution in [-0.4, -0.2) is 89.2 Å². The third-order valence-corrected chi connectivity index (χ3v) is 14.1. The van der Waals surface area contributed by atoms with Crippen LogP contribution in [0.1, 0.15) is 265 Å². The molecule has 1 fully saturated rings. The van der Waals surface area contributed by atoms with E-state index in [-0.39, 0.29) is 25.9 Å². The minimum absolute atomic E-state index is 0.0392. The maximum absolute atomic E-state index is 13.2. The number of hydrogen-bond donors (Lipinski definition) is 3. The molecule has 0 radical (unpaired) electrons. The Morgan fingerprint density at radius 3 is 1.19 bits per heavy atom. The monoisotopic (exact) mass is 1130 g/mol. The molecule has 0 bridgehead atoms. The molecule has 1 aliphatic rings. The van der Waals surface area contributed by atoms with Gasteiger partial charge in [0.25, 0.3) is 0 Å². The molecule has 0 aromatic rings. The highest BCUT2D eigenvalue weighted by Crippen LogP contribution is 2.26. The van der Waals surface area contributed by atoms with E-state index in [1.165, 1.54) is 57.8 Å². The fourth-order valence-corrected chi connectivity index (χ4v) is 9.18. The minimum Gasteiger partial charge on any atom is -0.479 e. The van der Waals surface area contributed by atoms with E-state index < -0.39 is 67.3 Å². The molecule has 1 aliphatic heterocycles. The van der Waals surface area contributed by atoms with Gasteiger partial charge in [0.05, 0.1) is 6.61 Å². The van der Waals surface area contributed by atoms with E-state index in [2.05, 4.69) is 118 Å². The number of esters is 3. The number of carbonyl (C=O) groups is 4. The first kappa shape index (κ1) is 74.7. The minimum atomic E-state index is -1.92. The number of rotatable bonds is 54. The number of allylic oxidation sites excluding steroid dienone is 16. The van der Waals surface area contributed by atoms with Crippen LogP contribution in [0, 0.1) is 0 Å². The van der Waals surface area contributed by atoms with E-state index in [0.29, 0.717) is 19.3 Å². The SMILES string of the molecule is CC/C=C\C/C=C\C/C=C\CCCCCCCC(=O)OC(COC(=O)CCCCCCCCC/C=C\C/C=C\CCCCC)COC1OC(C(=O)O)C(O)C(O)C1OC(=O)CCCCCCCC/C=C\C/C=C\C/C=C\CCCCC. The van der Waals surface area contributed by atoms with Gasteiger partial charge < -0.3 is 39.0 Å². The Morgan fingerprint density at radius 2 is 0.778 bits per heavy atom. The smallest absolute Gasteiger partial charge is 0.335 e. The summed E-state index contributed by atoms with van der Waals surface area (Å²) in [5.74, 6) is -3.17. The number of aliphatic hydroxyl groups excluding tert-OH is 2. The van der Waals surface area contributed by atoms with Crippen LogP contribution < -0.4 is 0 Å². The molecule has 0 aliphatic carbocycles. The predicted molar refractivity (Wildman–Crippen MR) is 331 cm³/mol. The summed E-state index contributed by atoms with van der Waals surface area (Å²) >= 11 is 0. The van der Waals surface area contributed by atoms with E-state index in [9.17, 15) is 34.5 Å². The van der Waals surface area contributed by atoms with Gasteiger partial charge in [-0.25, -0.2) is 4.79 Å². The molecule has 0 saturated carbocycles. The second-order valence-electron chi connectivity index (χ2n) is 21.7. The fraction of sp³-hybridized carbons (Fsp3) is 0.710. The largest absolute Gasteiger partial charge is 0.479 e. The van der Waals surface area contributed by atoms with Crippen molar-refractivity contribution in [1.82, 2.24) is 0 Å². The summed E-state index contributed by atoms with van der Waals surface area (Å²) in [6.45, 7) is 5.82. The second-order valence-corrected chi connectivity index (χ2v) is 21.7. The molecule has 6 atom stereocenters. The molecule has 0 aromatic carbocycles. The molecule has 12 nitrogen and oxygen atoms in total. The van der Waals surface area contributed by atoms with Crippen LogP contribution in [0.25, 0.3) is 0 Å². The lowest BCUT2D eigenvalue weighted by Gasteiger charge is -2.40. The average molecular weight is 1140 g/mol. The summed E-state index contributed by atoms with van der Waals surface area (Å²) < 4.78 is 28.5. The van der Waals surface area contributed by atoms with Gasteiger partial charge in [0.2, 0.25) is 0 Å². The van der Waals surface area contributed by atoms with Crippen molar-refractivity contribution in [2.24, 2.45) is 0 Å². The molecule has 0 amide bonds. The van der Waals surface area contributed by atoms with Crippen LogP contribution in [0.2, 0.25) is 0 Å². The molecule has 0 spiro atoms. The molecule has 1 rings (SSSR count). The van der Waals surface area contributed by atoms with Crippen molar-refractivity contribution in [3.63, 3.8) is 0 Å². The van der Waals surface area contributed by atoms with E-state index in [0.717, 1.165) is 148 Å². The summed E-state index contributed by atoms with van der Waals surface area (Å²) in [7, 11) is 0. The van der Waals surface area contributed by atoms with Crippen LogP contribution in [0.4, 0.5) is 0 Å². The highest BCUT2D eigenvalue weighted by atomic mass is 16.7. The third-order valence-electron chi connectivity index (χ3n) is 14.1. The predicted octanol–water partition coefficient (Wildman–Crippen LogP) is 17.2. The van der Waals surface area contributed by atoms with Gasteiger partial charge in [-0.2, -0.15) is 0 Å². The molecule has 462 valence electrons. The van der Waals surface area contributed by atoms with E-state index in [4.69, 9.17) is 23.7 Å². The van der Waals surface area contributed by atoms with Crippen molar-refractivity contribution in [2.75, 3.05) is 13.2 Å². The van der Waals surface area contributed by atoms with Gasteiger partial charge in [0.15, 0.2) is 24.6 Å². The van der Waals surface area contributed by atoms with Gasteiger partial charge in [-0.1, -0.05) is 221 Å². The highest BCUT2D eigenvalue weighted by molar-refractivity contribution is 5.74. The van der Waals surface area contributed by atoms with Crippen LogP contribution >= 0.6 is 0 Å². The number of carboxylic acid groups (broad SMARTS) is 1. The van der Waals surface area contributed by atoms with Crippen molar-refractivity contribution < 1.29 is 58.2 Å². The molecular formula is C69H114O12. The van der Waals surface area contributed by atoms with Gasteiger partial charge in [-0.15, -0.1) is 0 Å². The third kappa shape index (κ3) is 45.8. The molecule has 6 unspecified atom stereocenters. The fourth-order valence-electron chi connectivity index (χ4n) is 9.18. The first-order chi connectivity index (χ1) is 39.6. The molecule has 3 N–H and O–H groups in total. The van der Waals surface area contributed by atoms with Gasteiger partial charge in [-0.3, -0.25) is 14.4 Å². The Kier molecular flexibility index (Phi) is 51.7. The Hall–Kier alpha value is -4.36. The second kappa shape index (κ2) is 56.1. The molecular weight excluding hydrogens is 1020 g/mol. The Bertz CT molecular complexity index is 1780. The van der Waals surface area contributed by atoms with Crippen LogP contribution in [-0.2, 0) is 42.9 Å². The zero-order chi connectivity index (χ0) is 58.9. The molecule has 0 aromatic heterocycles. The van der Waals surface area contributed by atoms with Crippen molar-refractivity contribution >= 4 is 23.9 Å². The van der Waals surface area contributed by atoms with Crippen molar-refractivity contribution in [1.29, 1.82) is 0 Å². The molecule has 81 heavy (non-hydrogen) atoms. The van der Waals surface area contributed by atoms with E-state index >= 15 is 0 Å². The summed E-state index contributed by atoms with van der Waals surface area (Å²) in [4.78, 5) is 51.3. The number of ether oxygens (including phenoxy) is 5. The average Bonchev–Trinajstić information content (AvgIpc) is 3.52. The van der Waals surface area contributed by atoms with E-state index in [1.54, 1.807) is 0 Å². The number of carbonyl (C=O) groups excluding carboxylic acids is 3. The number of hydrogen-bond acceptors (Lipinski definition) is 11. The first-order valence-electron chi connectivity index (χ1n) is 32.2. The summed E-state index contributed by atoms with van der Waals surface area (Å²) in [5.41, 5.74) is 0. The maximum Gasteiger partial charge on any atom is 0.335 e. The van der Waals surface area contributed by atoms with Gasteiger partial charge in [0.1, 0.15) is 18.8 Å². The molecule has 1 heterocycles. The first-order valence-corrected chi connectivity index (χ1v) is 32.2. The van der Waals surface area contributed by atoms with Crippen LogP contribution in [0.3, 0.4) is 0 Å². The summed E-state index contributed by atoms with van der Waals surface area (Å²) in [6.07, 6.45) is 62.1.